The van der Waals surface area contributed by atoms with E-state index in [4.69, 9.17) is 0 Å². The summed E-state index contributed by atoms with van der Waals surface area (Å²) in [5.74, 6) is 1.11. The van der Waals surface area contributed by atoms with Gasteiger partial charge in [0.2, 0.25) is 0 Å². The van der Waals surface area contributed by atoms with Crippen molar-refractivity contribution in [2.24, 2.45) is 11.8 Å². The van der Waals surface area contributed by atoms with Crippen LogP contribution >= 0.6 is 0 Å². The van der Waals surface area contributed by atoms with E-state index in [1.54, 1.807) is 0 Å². The lowest BCUT2D eigenvalue weighted by Gasteiger charge is -2.22. The molecule has 0 N–H and O–H groups in total. The summed E-state index contributed by atoms with van der Waals surface area (Å²) in [6.07, 6.45) is 14.3. The van der Waals surface area contributed by atoms with Crippen LogP contribution in [0.1, 0.15) is 51.9 Å². The molecule has 0 saturated heterocycles. The second kappa shape index (κ2) is 6.80. The first-order valence-electron chi connectivity index (χ1n) is 5.98. The van der Waals surface area contributed by atoms with Gasteiger partial charge in [-0.1, -0.05) is 31.9 Å². The number of unbranched alkanes of at least 4 members (excludes halogenated alkanes) is 2. The van der Waals surface area contributed by atoms with Crippen LogP contribution in [-0.4, -0.2) is 6.29 Å². The molecule has 0 radical (unpaired) electrons. The third-order valence-electron chi connectivity index (χ3n) is 3.14. The monoisotopic (exact) mass is 194 g/mol. The summed E-state index contributed by atoms with van der Waals surface area (Å²) in [6, 6.07) is 0. The molecule has 0 bridgehead atoms. The molecule has 0 unspecified atom stereocenters. The molecule has 1 heteroatoms. The first kappa shape index (κ1) is 11.5. The van der Waals surface area contributed by atoms with Gasteiger partial charge in [-0.05, 0) is 38.0 Å². The zero-order chi connectivity index (χ0) is 10.2. The van der Waals surface area contributed by atoms with E-state index >= 15 is 0 Å². The number of rotatable bonds is 5. The Morgan fingerprint density at radius 2 is 1.79 bits per heavy atom. The summed E-state index contributed by atoms with van der Waals surface area (Å²) < 4.78 is 0. The van der Waals surface area contributed by atoms with Gasteiger partial charge in [-0.25, -0.2) is 0 Å². The number of aldehydes is 1. The molecule has 1 fully saturated rings. The maximum absolute atomic E-state index is 10.5. The van der Waals surface area contributed by atoms with Crippen LogP contribution in [-0.2, 0) is 4.79 Å². The molecule has 0 aromatic carbocycles. The summed E-state index contributed by atoms with van der Waals surface area (Å²) in [6.45, 7) is 2.23. The number of allylic oxidation sites excluding steroid dienone is 2. The van der Waals surface area contributed by atoms with Gasteiger partial charge in [-0.3, -0.25) is 0 Å². The predicted molar refractivity (Wildman–Crippen MR) is 60.2 cm³/mol. The van der Waals surface area contributed by atoms with E-state index in [0.717, 1.165) is 25.0 Å². The summed E-state index contributed by atoms with van der Waals surface area (Å²) in [7, 11) is 0. The first-order valence-corrected chi connectivity index (χ1v) is 5.98. The average Bonchev–Trinajstić information content (AvgIpc) is 2.25. The van der Waals surface area contributed by atoms with Gasteiger partial charge < -0.3 is 4.79 Å². The quantitative estimate of drug-likeness (QED) is 0.370. The van der Waals surface area contributed by atoms with Crippen LogP contribution < -0.4 is 0 Å². The number of carbonyl (C=O) groups is 1. The standard InChI is InChI=1S/C13H22O/c1-2-3-4-5-6-12-7-9-13(11-14)10-8-12/h5-6,11-13H,2-4,7-10H2,1H3. The van der Waals surface area contributed by atoms with E-state index in [9.17, 15) is 4.79 Å². The summed E-state index contributed by atoms with van der Waals surface area (Å²) >= 11 is 0. The average molecular weight is 194 g/mol. The number of carbonyl (C=O) groups excluding carboxylic acids is 1. The molecule has 0 spiro atoms. The minimum absolute atomic E-state index is 0.357. The summed E-state index contributed by atoms with van der Waals surface area (Å²) in [4.78, 5) is 10.5. The lowest BCUT2D eigenvalue weighted by atomic mass is 9.82. The van der Waals surface area contributed by atoms with Gasteiger partial charge >= 0.3 is 0 Å². The third-order valence-corrected chi connectivity index (χ3v) is 3.14. The lowest BCUT2D eigenvalue weighted by Crippen LogP contribution is -2.13. The molecule has 0 aromatic heterocycles. The van der Waals surface area contributed by atoms with Crippen molar-refractivity contribution in [2.45, 2.75) is 51.9 Å². The Labute approximate surface area is 87.6 Å². The van der Waals surface area contributed by atoms with Gasteiger partial charge in [0.1, 0.15) is 6.29 Å². The van der Waals surface area contributed by atoms with Gasteiger partial charge in [-0.15, -0.1) is 0 Å². The van der Waals surface area contributed by atoms with Gasteiger partial charge in [0.25, 0.3) is 0 Å². The van der Waals surface area contributed by atoms with Gasteiger partial charge in [0, 0.05) is 5.92 Å². The Bertz CT molecular complexity index is 176. The molecule has 0 amide bonds. The van der Waals surface area contributed by atoms with Crippen molar-refractivity contribution in [3.8, 4) is 0 Å². The predicted octanol–water partition coefficient (Wildman–Crippen LogP) is 3.74. The SMILES string of the molecule is CCCCC=CC1CCC(C=O)CC1. The first-order chi connectivity index (χ1) is 6.86. The van der Waals surface area contributed by atoms with E-state index < -0.39 is 0 Å². The second-order valence-electron chi connectivity index (χ2n) is 4.38. The zero-order valence-electron chi connectivity index (χ0n) is 9.24. The minimum Gasteiger partial charge on any atom is -0.303 e. The molecule has 0 aromatic rings. The van der Waals surface area contributed by atoms with E-state index in [0.29, 0.717) is 5.92 Å². The fourth-order valence-electron chi connectivity index (χ4n) is 2.08. The summed E-state index contributed by atoms with van der Waals surface area (Å²) in [5, 5.41) is 0. The van der Waals surface area contributed by atoms with Gasteiger partial charge in [0.05, 0.1) is 0 Å². The molecule has 0 atom stereocenters. The highest BCUT2D eigenvalue weighted by molar-refractivity contribution is 5.53. The van der Waals surface area contributed by atoms with Crippen LogP contribution in [0.2, 0.25) is 0 Å². The normalized spacial score (nSPS) is 28.1. The zero-order valence-corrected chi connectivity index (χ0v) is 9.24. The Hall–Kier alpha value is -0.590. The van der Waals surface area contributed by atoms with E-state index in [-0.39, 0.29) is 0 Å². The topological polar surface area (TPSA) is 17.1 Å². The van der Waals surface area contributed by atoms with E-state index in [1.165, 1.54) is 32.1 Å². The Morgan fingerprint density at radius 3 is 2.36 bits per heavy atom. The maximum Gasteiger partial charge on any atom is 0.123 e. The smallest absolute Gasteiger partial charge is 0.123 e. The van der Waals surface area contributed by atoms with Crippen molar-refractivity contribution in [2.75, 3.05) is 0 Å². The van der Waals surface area contributed by atoms with Crippen molar-refractivity contribution >= 4 is 6.29 Å². The van der Waals surface area contributed by atoms with Gasteiger partial charge in [-0.2, -0.15) is 0 Å². The minimum atomic E-state index is 0.357. The highest BCUT2D eigenvalue weighted by Crippen LogP contribution is 2.28. The van der Waals surface area contributed by atoms with Crippen LogP contribution in [0.15, 0.2) is 12.2 Å². The summed E-state index contributed by atoms with van der Waals surface area (Å²) in [5.41, 5.74) is 0. The Morgan fingerprint density at radius 1 is 1.14 bits per heavy atom. The fourth-order valence-corrected chi connectivity index (χ4v) is 2.08. The molecule has 1 saturated carbocycles. The van der Waals surface area contributed by atoms with Crippen LogP contribution in [0.25, 0.3) is 0 Å². The molecule has 80 valence electrons. The molecular weight excluding hydrogens is 172 g/mol. The van der Waals surface area contributed by atoms with Crippen molar-refractivity contribution in [1.82, 2.24) is 0 Å². The van der Waals surface area contributed by atoms with E-state index in [2.05, 4.69) is 19.1 Å². The van der Waals surface area contributed by atoms with Gasteiger partial charge in [0.15, 0.2) is 0 Å². The van der Waals surface area contributed by atoms with Crippen molar-refractivity contribution in [3.63, 3.8) is 0 Å². The van der Waals surface area contributed by atoms with Crippen LogP contribution in [0.5, 0.6) is 0 Å². The molecule has 0 heterocycles. The van der Waals surface area contributed by atoms with E-state index in [1.807, 2.05) is 0 Å². The fraction of sp³-hybridized carbons (Fsp3) is 0.769. The molecule has 14 heavy (non-hydrogen) atoms. The molecule has 1 rings (SSSR count). The number of hydrogen-bond donors (Lipinski definition) is 0. The molecule has 1 nitrogen and oxygen atoms in total. The van der Waals surface area contributed by atoms with Crippen LogP contribution in [0, 0.1) is 11.8 Å². The molecular formula is C13H22O. The Kier molecular flexibility index (Phi) is 5.58. The second-order valence-corrected chi connectivity index (χ2v) is 4.38. The molecule has 0 aliphatic heterocycles. The molecule has 1 aliphatic rings. The lowest BCUT2D eigenvalue weighted by molar-refractivity contribution is -0.112. The maximum atomic E-state index is 10.5. The highest BCUT2D eigenvalue weighted by Gasteiger charge is 2.18. The number of hydrogen-bond acceptors (Lipinski definition) is 1. The van der Waals surface area contributed by atoms with Crippen molar-refractivity contribution in [1.29, 1.82) is 0 Å². The molecule has 1 aliphatic carbocycles. The largest absolute Gasteiger partial charge is 0.303 e. The van der Waals surface area contributed by atoms with Crippen molar-refractivity contribution < 1.29 is 4.79 Å². The highest BCUT2D eigenvalue weighted by atomic mass is 16.1. The van der Waals surface area contributed by atoms with Crippen molar-refractivity contribution in [3.05, 3.63) is 12.2 Å². The Balaban J connectivity index is 2.15. The van der Waals surface area contributed by atoms with Crippen LogP contribution in [0.4, 0.5) is 0 Å². The van der Waals surface area contributed by atoms with Crippen LogP contribution in [0.3, 0.4) is 0 Å². The third kappa shape index (κ3) is 4.08.